The number of aliphatic hydroxyl groups is 1. The van der Waals surface area contributed by atoms with E-state index < -0.39 is 5.60 Å². The Hall–Kier alpha value is -1.43. The van der Waals surface area contributed by atoms with E-state index in [9.17, 15) is 9.90 Å². The Morgan fingerprint density at radius 3 is 2.91 bits per heavy atom. The highest BCUT2D eigenvalue weighted by Crippen LogP contribution is 2.33. The van der Waals surface area contributed by atoms with Crippen molar-refractivity contribution in [1.82, 2.24) is 5.32 Å². The smallest absolute Gasteiger partial charge is 0.223 e. The minimum atomic E-state index is -1.14. The summed E-state index contributed by atoms with van der Waals surface area (Å²) in [6.45, 7) is 0.212. The van der Waals surface area contributed by atoms with Crippen LogP contribution in [-0.4, -0.2) is 17.6 Å². The molecule has 1 aliphatic carbocycles. The Kier molecular flexibility index (Phi) is 4.76. The summed E-state index contributed by atoms with van der Waals surface area (Å²) in [4.78, 5) is 13.2. The fourth-order valence-corrected chi connectivity index (χ4v) is 4.31. The van der Waals surface area contributed by atoms with Crippen LogP contribution >= 0.6 is 22.7 Å². The molecule has 0 aromatic carbocycles. The minimum Gasteiger partial charge on any atom is -0.378 e. The molecule has 0 radical (unpaired) electrons. The largest absolute Gasteiger partial charge is 0.378 e. The third kappa shape index (κ3) is 3.16. The van der Waals surface area contributed by atoms with Gasteiger partial charge in [0.15, 0.2) is 0 Å². The second-order valence-electron chi connectivity index (χ2n) is 5.55. The highest BCUT2D eigenvalue weighted by atomic mass is 32.1. The number of thiophene rings is 2. The Morgan fingerprint density at radius 1 is 1.36 bits per heavy atom. The van der Waals surface area contributed by atoms with Crippen LogP contribution in [-0.2, 0) is 10.4 Å². The van der Waals surface area contributed by atoms with Crippen molar-refractivity contribution in [2.75, 3.05) is 6.54 Å². The maximum Gasteiger partial charge on any atom is 0.223 e. The number of hydrogen-bond donors (Lipinski definition) is 2. The highest BCUT2D eigenvalue weighted by molar-refractivity contribution is 7.10. The van der Waals surface area contributed by atoms with E-state index >= 15 is 0 Å². The molecule has 1 amide bonds. The lowest BCUT2D eigenvalue weighted by molar-refractivity contribution is -0.126. The molecule has 1 aliphatic rings. The Balaban J connectivity index is 1.74. The van der Waals surface area contributed by atoms with E-state index in [2.05, 4.69) is 17.5 Å². The number of nitrogens with one attached hydrogen (secondary N) is 1. The summed E-state index contributed by atoms with van der Waals surface area (Å²) in [5.74, 6) is 0.0645. The second-order valence-corrected chi connectivity index (χ2v) is 7.28. The molecular formula is C17H19NO2S2. The zero-order valence-electron chi connectivity index (χ0n) is 12.2. The molecule has 22 heavy (non-hydrogen) atoms. The van der Waals surface area contributed by atoms with Gasteiger partial charge in [-0.2, -0.15) is 11.3 Å². The zero-order valence-corrected chi connectivity index (χ0v) is 13.8. The standard InChI is InChI=1S/C17H19NO2S2/c19-16(13-5-2-1-3-6-13)18-12-17(20,14-8-10-21-11-14)15-7-4-9-22-15/h1-2,4,7-11,13,20H,3,5-6,12H2,(H,18,19)/t13-,17+/m1/s1. The molecule has 0 unspecified atom stereocenters. The molecule has 2 aromatic heterocycles. The molecule has 2 N–H and O–H groups in total. The van der Waals surface area contributed by atoms with Crippen molar-refractivity contribution in [1.29, 1.82) is 0 Å². The van der Waals surface area contributed by atoms with E-state index in [1.54, 1.807) is 11.3 Å². The summed E-state index contributed by atoms with van der Waals surface area (Å²) in [5.41, 5.74) is -0.308. The third-order valence-corrected chi connectivity index (χ3v) is 5.79. The van der Waals surface area contributed by atoms with Gasteiger partial charge in [0.05, 0.1) is 6.54 Å². The molecule has 3 nitrogen and oxygen atoms in total. The fraction of sp³-hybridized carbons (Fsp3) is 0.353. The number of amides is 1. The minimum absolute atomic E-state index is 0.0278. The van der Waals surface area contributed by atoms with E-state index in [-0.39, 0.29) is 18.4 Å². The molecule has 0 saturated heterocycles. The van der Waals surface area contributed by atoms with Crippen LogP contribution < -0.4 is 5.32 Å². The molecule has 0 spiro atoms. The number of rotatable bonds is 5. The van der Waals surface area contributed by atoms with E-state index in [4.69, 9.17) is 0 Å². The Bertz CT molecular complexity index is 597. The van der Waals surface area contributed by atoms with E-state index in [0.717, 1.165) is 29.7 Å². The van der Waals surface area contributed by atoms with Gasteiger partial charge in [-0.15, -0.1) is 11.3 Å². The molecule has 0 saturated carbocycles. The molecule has 5 heteroatoms. The normalized spacial score (nSPS) is 20.5. The zero-order chi connectivity index (χ0) is 15.4. The van der Waals surface area contributed by atoms with Gasteiger partial charge in [0.1, 0.15) is 5.60 Å². The van der Waals surface area contributed by atoms with E-state index in [0.29, 0.717) is 0 Å². The number of allylic oxidation sites excluding steroid dienone is 2. The SMILES string of the molecule is O=C(NC[C@](O)(c1ccsc1)c1cccs1)[C@@H]1CC=CCC1. The first kappa shape index (κ1) is 15.5. The van der Waals surface area contributed by atoms with Crippen molar-refractivity contribution in [2.45, 2.75) is 24.9 Å². The lowest BCUT2D eigenvalue weighted by atomic mass is 9.91. The van der Waals surface area contributed by atoms with Crippen molar-refractivity contribution in [3.8, 4) is 0 Å². The molecule has 0 bridgehead atoms. The van der Waals surface area contributed by atoms with Gasteiger partial charge in [0.2, 0.25) is 5.91 Å². The molecule has 0 aliphatic heterocycles. The van der Waals surface area contributed by atoms with Crippen molar-refractivity contribution in [2.24, 2.45) is 5.92 Å². The number of carbonyl (C=O) groups excluding carboxylic acids is 1. The molecule has 0 fully saturated rings. The first-order valence-corrected chi connectivity index (χ1v) is 9.24. The Labute approximate surface area is 138 Å². The average Bonchev–Trinajstić information content (AvgIpc) is 3.26. The first-order valence-electron chi connectivity index (χ1n) is 7.42. The topological polar surface area (TPSA) is 49.3 Å². The summed E-state index contributed by atoms with van der Waals surface area (Å²) < 4.78 is 0. The number of carbonyl (C=O) groups is 1. The van der Waals surface area contributed by atoms with Gasteiger partial charge < -0.3 is 10.4 Å². The molecule has 2 aromatic rings. The third-order valence-electron chi connectivity index (χ3n) is 4.09. The average molecular weight is 333 g/mol. The quantitative estimate of drug-likeness (QED) is 0.823. The van der Waals surface area contributed by atoms with Gasteiger partial charge in [-0.25, -0.2) is 0 Å². The van der Waals surface area contributed by atoms with Crippen LogP contribution in [0.2, 0.25) is 0 Å². The van der Waals surface area contributed by atoms with Gasteiger partial charge in [-0.1, -0.05) is 18.2 Å². The highest BCUT2D eigenvalue weighted by Gasteiger charge is 2.34. The van der Waals surface area contributed by atoms with Gasteiger partial charge in [-0.3, -0.25) is 4.79 Å². The van der Waals surface area contributed by atoms with Crippen molar-refractivity contribution in [3.63, 3.8) is 0 Å². The van der Waals surface area contributed by atoms with Gasteiger partial charge in [0, 0.05) is 16.4 Å². The molecule has 3 rings (SSSR count). The molecule has 116 valence electrons. The van der Waals surface area contributed by atoms with E-state index in [1.165, 1.54) is 11.3 Å². The van der Waals surface area contributed by atoms with Crippen molar-refractivity contribution >= 4 is 28.6 Å². The fourth-order valence-electron chi connectivity index (χ4n) is 2.74. The Morgan fingerprint density at radius 2 is 2.27 bits per heavy atom. The van der Waals surface area contributed by atoms with Crippen LogP contribution in [0.3, 0.4) is 0 Å². The van der Waals surface area contributed by atoms with Gasteiger partial charge in [0.25, 0.3) is 0 Å². The van der Waals surface area contributed by atoms with Crippen LogP contribution in [0.25, 0.3) is 0 Å². The second kappa shape index (κ2) is 6.77. The lowest BCUT2D eigenvalue weighted by Crippen LogP contribution is -2.43. The number of hydrogen-bond acceptors (Lipinski definition) is 4. The summed E-state index contributed by atoms with van der Waals surface area (Å²) in [6.07, 6.45) is 6.83. The summed E-state index contributed by atoms with van der Waals surface area (Å²) >= 11 is 3.06. The summed E-state index contributed by atoms with van der Waals surface area (Å²) in [5, 5.41) is 20.0. The van der Waals surface area contributed by atoms with Crippen LogP contribution in [0.15, 0.2) is 46.5 Å². The molecule has 2 atom stereocenters. The van der Waals surface area contributed by atoms with E-state index in [1.807, 2.05) is 34.3 Å². The van der Waals surface area contributed by atoms with Crippen molar-refractivity contribution < 1.29 is 9.90 Å². The van der Waals surface area contributed by atoms with Gasteiger partial charge in [-0.05, 0) is 47.5 Å². The van der Waals surface area contributed by atoms with Crippen LogP contribution in [0.4, 0.5) is 0 Å². The van der Waals surface area contributed by atoms with Crippen LogP contribution in [0.5, 0.6) is 0 Å². The van der Waals surface area contributed by atoms with Crippen LogP contribution in [0, 0.1) is 5.92 Å². The lowest BCUT2D eigenvalue weighted by Gasteiger charge is -2.28. The first-order chi connectivity index (χ1) is 10.7. The molecule has 2 heterocycles. The van der Waals surface area contributed by atoms with Crippen LogP contribution in [0.1, 0.15) is 29.7 Å². The predicted octanol–water partition coefficient (Wildman–Crippen LogP) is 3.52. The monoisotopic (exact) mass is 333 g/mol. The van der Waals surface area contributed by atoms with Gasteiger partial charge >= 0.3 is 0 Å². The summed E-state index contributed by atoms with van der Waals surface area (Å²) in [6, 6.07) is 5.75. The maximum atomic E-state index is 12.3. The van der Waals surface area contributed by atoms with Crippen molar-refractivity contribution in [3.05, 3.63) is 56.9 Å². The predicted molar refractivity (Wildman–Crippen MR) is 91.1 cm³/mol. The molecular weight excluding hydrogens is 314 g/mol. The maximum absolute atomic E-state index is 12.3. The summed E-state index contributed by atoms with van der Waals surface area (Å²) in [7, 11) is 0.